The average molecular weight is 473 g/mol. The van der Waals surface area contributed by atoms with Crippen molar-refractivity contribution in [1.29, 1.82) is 0 Å². The van der Waals surface area contributed by atoms with E-state index in [1.54, 1.807) is 6.07 Å². The summed E-state index contributed by atoms with van der Waals surface area (Å²) in [5.41, 5.74) is 0.775. The molecule has 4 rings (SSSR count). The van der Waals surface area contributed by atoms with E-state index in [4.69, 9.17) is 9.47 Å². The number of alkyl halides is 3. The lowest BCUT2D eigenvalue weighted by molar-refractivity contribution is -0.275. The zero-order chi connectivity index (χ0) is 23.4. The third-order valence-corrected chi connectivity index (χ3v) is 7.98. The van der Waals surface area contributed by atoms with E-state index in [0.717, 1.165) is 69.3 Å². The Hall–Kier alpha value is -1.34. The Balaban J connectivity index is 1.21. The molecule has 0 bridgehead atoms. The smallest absolute Gasteiger partial charge is 0.403 e. The van der Waals surface area contributed by atoms with Gasteiger partial charge in [0, 0.05) is 11.8 Å². The van der Waals surface area contributed by atoms with Gasteiger partial charge in [0.2, 0.25) is 0 Å². The van der Waals surface area contributed by atoms with Crippen molar-refractivity contribution in [3.63, 3.8) is 0 Å². The maximum atomic E-state index is 14.1. The summed E-state index contributed by atoms with van der Waals surface area (Å²) in [5.74, 6) is 0.939. The second kappa shape index (κ2) is 10.9. The Kier molecular flexibility index (Phi) is 8.21. The molecule has 0 N–H and O–H groups in total. The van der Waals surface area contributed by atoms with Gasteiger partial charge < -0.3 is 14.2 Å². The van der Waals surface area contributed by atoms with Crippen molar-refractivity contribution in [3.8, 4) is 5.75 Å². The Morgan fingerprint density at radius 2 is 1.45 bits per heavy atom. The third kappa shape index (κ3) is 6.62. The standard InChI is InChI=1S/C26H36F4O3/c1-2-3-17-15-31-25(32-16-17)21-10-8-19(9-11-21)18-4-6-20(7-5-18)22-12-13-24(23(27)14-22)33-26(28,29)30/h12-14,17-21,25H,2-11,15-16H2,1H3. The minimum atomic E-state index is -4.88. The highest BCUT2D eigenvalue weighted by Gasteiger charge is 2.36. The van der Waals surface area contributed by atoms with Crippen LogP contribution in [0, 0.1) is 29.5 Å². The fraction of sp³-hybridized carbons (Fsp3) is 0.769. The SMILES string of the molecule is CCCC1COC(C2CCC(C3CCC(c4ccc(OC(F)(F)F)c(F)c4)CC3)CC2)OC1. The molecule has 2 aliphatic carbocycles. The van der Waals surface area contributed by atoms with Gasteiger partial charge in [-0.1, -0.05) is 19.4 Å². The molecule has 0 radical (unpaired) electrons. The van der Waals surface area contributed by atoms with E-state index in [2.05, 4.69) is 11.7 Å². The van der Waals surface area contributed by atoms with Crippen LogP contribution in [0.3, 0.4) is 0 Å². The fourth-order valence-corrected chi connectivity index (χ4v) is 6.20. The summed E-state index contributed by atoms with van der Waals surface area (Å²) in [5, 5.41) is 0. The first kappa shape index (κ1) is 24.8. The summed E-state index contributed by atoms with van der Waals surface area (Å²) in [7, 11) is 0. The van der Waals surface area contributed by atoms with Gasteiger partial charge in [0.1, 0.15) is 0 Å². The molecule has 33 heavy (non-hydrogen) atoms. The van der Waals surface area contributed by atoms with Gasteiger partial charge in [-0.15, -0.1) is 13.2 Å². The van der Waals surface area contributed by atoms with Gasteiger partial charge in [-0.2, -0.15) is 0 Å². The molecule has 0 aromatic heterocycles. The Morgan fingerprint density at radius 3 is 2.00 bits per heavy atom. The summed E-state index contributed by atoms with van der Waals surface area (Å²) in [6.07, 6.45) is 6.24. The van der Waals surface area contributed by atoms with Crippen molar-refractivity contribution in [2.75, 3.05) is 13.2 Å². The highest BCUT2D eigenvalue weighted by molar-refractivity contribution is 5.31. The summed E-state index contributed by atoms with van der Waals surface area (Å²) >= 11 is 0. The molecule has 3 aliphatic rings. The van der Waals surface area contributed by atoms with Crippen molar-refractivity contribution >= 4 is 0 Å². The van der Waals surface area contributed by atoms with Crippen LogP contribution in [0.4, 0.5) is 17.6 Å². The van der Waals surface area contributed by atoms with Crippen LogP contribution in [0.15, 0.2) is 18.2 Å². The molecule has 0 spiro atoms. The lowest BCUT2D eigenvalue weighted by Crippen LogP contribution is -2.39. The minimum absolute atomic E-state index is 0.0333. The molecular weight excluding hydrogens is 436 g/mol. The maximum absolute atomic E-state index is 14.1. The minimum Gasteiger partial charge on any atom is -0.403 e. The van der Waals surface area contributed by atoms with Gasteiger partial charge in [0.05, 0.1) is 13.2 Å². The van der Waals surface area contributed by atoms with Gasteiger partial charge in [-0.3, -0.25) is 0 Å². The predicted octanol–water partition coefficient (Wildman–Crippen LogP) is 7.59. The molecule has 0 atom stereocenters. The lowest BCUT2D eigenvalue weighted by atomic mass is 9.68. The van der Waals surface area contributed by atoms with Crippen LogP contribution in [-0.4, -0.2) is 25.9 Å². The lowest BCUT2D eigenvalue weighted by Gasteiger charge is -2.41. The first-order valence-electron chi connectivity index (χ1n) is 12.6. The van der Waals surface area contributed by atoms with Crippen molar-refractivity contribution in [3.05, 3.63) is 29.6 Å². The van der Waals surface area contributed by atoms with Crippen LogP contribution < -0.4 is 4.74 Å². The van der Waals surface area contributed by atoms with E-state index in [1.165, 1.54) is 31.7 Å². The third-order valence-electron chi connectivity index (χ3n) is 7.98. The molecule has 0 unspecified atom stereocenters. The van der Waals surface area contributed by atoms with Gasteiger partial charge in [0.25, 0.3) is 0 Å². The highest BCUT2D eigenvalue weighted by atomic mass is 19.4. The van der Waals surface area contributed by atoms with E-state index in [0.29, 0.717) is 17.8 Å². The number of ether oxygens (including phenoxy) is 3. The number of hydrogen-bond acceptors (Lipinski definition) is 3. The summed E-state index contributed by atoms with van der Waals surface area (Å²) in [6, 6.07) is 3.90. The molecule has 186 valence electrons. The Morgan fingerprint density at radius 1 is 0.879 bits per heavy atom. The van der Waals surface area contributed by atoms with Crippen LogP contribution in [0.5, 0.6) is 5.75 Å². The van der Waals surface area contributed by atoms with E-state index < -0.39 is 17.9 Å². The van der Waals surface area contributed by atoms with E-state index in [9.17, 15) is 17.6 Å². The van der Waals surface area contributed by atoms with Gasteiger partial charge in [0.15, 0.2) is 17.9 Å². The summed E-state index contributed by atoms with van der Waals surface area (Å²) in [4.78, 5) is 0. The van der Waals surface area contributed by atoms with Gasteiger partial charge in [-0.25, -0.2) is 4.39 Å². The number of rotatable bonds is 6. The molecular formula is C26H36F4O3. The van der Waals surface area contributed by atoms with Crippen molar-refractivity contribution in [1.82, 2.24) is 0 Å². The topological polar surface area (TPSA) is 27.7 Å². The molecule has 2 saturated carbocycles. The quantitative estimate of drug-likeness (QED) is 0.399. The Labute approximate surface area is 194 Å². The van der Waals surface area contributed by atoms with E-state index in [-0.39, 0.29) is 12.2 Å². The first-order chi connectivity index (χ1) is 15.8. The molecule has 1 heterocycles. The molecule has 7 heteroatoms. The van der Waals surface area contributed by atoms with Crippen LogP contribution >= 0.6 is 0 Å². The number of hydrogen-bond donors (Lipinski definition) is 0. The van der Waals surface area contributed by atoms with E-state index >= 15 is 0 Å². The average Bonchev–Trinajstić information content (AvgIpc) is 2.81. The van der Waals surface area contributed by atoms with E-state index in [1.807, 2.05) is 0 Å². The Bertz CT molecular complexity index is 744. The molecule has 1 aromatic carbocycles. The van der Waals surface area contributed by atoms with Crippen molar-refractivity contribution in [2.24, 2.45) is 23.7 Å². The second-order valence-electron chi connectivity index (χ2n) is 10.2. The molecule has 3 nitrogen and oxygen atoms in total. The largest absolute Gasteiger partial charge is 0.573 e. The summed E-state index contributed by atoms with van der Waals surface area (Å²) < 4.78 is 67.1. The zero-order valence-corrected chi connectivity index (χ0v) is 19.4. The molecule has 3 fully saturated rings. The predicted molar refractivity (Wildman–Crippen MR) is 117 cm³/mol. The summed E-state index contributed by atoms with van der Waals surface area (Å²) in [6.45, 7) is 3.85. The highest BCUT2D eigenvalue weighted by Crippen LogP contribution is 2.45. The monoisotopic (exact) mass is 472 g/mol. The van der Waals surface area contributed by atoms with Crippen LogP contribution in [-0.2, 0) is 9.47 Å². The van der Waals surface area contributed by atoms with Crippen LogP contribution in [0.25, 0.3) is 0 Å². The maximum Gasteiger partial charge on any atom is 0.573 e. The number of benzene rings is 1. The molecule has 1 saturated heterocycles. The normalized spacial score (nSPS) is 33.6. The number of halogens is 4. The molecule has 0 amide bonds. The van der Waals surface area contributed by atoms with Crippen molar-refractivity contribution in [2.45, 2.75) is 89.7 Å². The van der Waals surface area contributed by atoms with Crippen molar-refractivity contribution < 1.29 is 31.8 Å². The van der Waals surface area contributed by atoms with Gasteiger partial charge >= 0.3 is 6.36 Å². The molecule has 1 aromatic rings. The first-order valence-corrected chi connectivity index (χ1v) is 12.6. The second-order valence-corrected chi connectivity index (χ2v) is 10.2. The fourth-order valence-electron chi connectivity index (χ4n) is 6.20. The van der Waals surface area contributed by atoms with Crippen LogP contribution in [0.1, 0.15) is 82.6 Å². The zero-order valence-electron chi connectivity index (χ0n) is 19.4. The van der Waals surface area contributed by atoms with Crippen LogP contribution in [0.2, 0.25) is 0 Å². The van der Waals surface area contributed by atoms with Gasteiger partial charge in [-0.05, 0) is 93.2 Å². The molecule has 1 aliphatic heterocycles.